The van der Waals surface area contributed by atoms with Gasteiger partial charge in [0, 0.05) is 17.2 Å². The van der Waals surface area contributed by atoms with Crippen molar-refractivity contribution in [2.24, 2.45) is 5.73 Å². The summed E-state index contributed by atoms with van der Waals surface area (Å²) in [4.78, 5) is 0. The molecular weight excluding hydrogens is 248 g/mol. The quantitative estimate of drug-likeness (QED) is 0.806. The molecule has 0 amide bonds. The van der Waals surface area contributed by atoms with E-state index in [-0.39, 0.29) is 11.6 Å². The lowest BCUT2D eigenvalue weighted by Crippen LogP contribution is -2.33. The van der Waals surface area contributed by atoms with Crippen LogP contribution in [0.1, 0.15) is 24.1 Å². The second kappa shape index (κ2) is 4.21. The van der Waals surface area contributed by atoms with Crippen LogP contribution in [-0.2, 0) is 5.92 Å². The van der Waals surface area contributed by atoms with Crippen LogP contribution in [0.5, 0.6) is 0 Å². The van der Waals surface area contributed by atoms with E-state index in [0.29, 0.717) is 6.07 Å². The second-order valence-corrected chi connectivity index (χ2v) is 3.60. The molecule has 2 N–H and O–H groups in total. The maximum atomic E-state index is 13.2. The fourth-order valence-corrected chi connectivity index (χ4v) is 1.26. The van der Waals surface area contributed by atoms with Gasteiger partial charge in [0.15, 0.2) is 0 Å². The summed E-state index contributed by atoms with van der Waals surface area (Å²) in [6.07, 6.45) is -5.75. The molecule has 0 aliphatic rings. The Labute approximate surface area is 93.2 Å². The van der Waals surface area contributed by atoms with Gasteiger partial charge in [0.2, 0.25) is 0 Å². The smallest absolute Gasteiger partial charge is 0.324 e. The molecule has 0 radical (unpaired) electrons. The zero-order valence-electron chi connectivity index (χ0n) is 8.65. The molecule has 0 bridgehead atoms. The Morgan fingerprint density at radius 1 is 1.12 bits per heavy atom. The molecule has 0 saturated carbocycles. The van der Waals surface area contributed by atoms with Crippen LogP contribution in [0.25, 0.3) is 0 Å². The van der Waals surface area contributed by atoms with Gasteiger partial charge in [-0.15, -0.1) is 0 Å². The number of halogens is 6. The molecule has 1 aromatic carbocycles. The molecule has 1 nitrogen and oxygen atoms in total. The standard InChI is InChI=1S/C10H9F6N/c1-5(17)7-3-2-6(4-8(7)11)9(12,13)10(14,15)16/h2-5H,17H2,1H3. The predicted molar refractivity (Wildman–Crippen MR) is 49.0 cm³/mol. The van der Waals surface area contributed by atoms with Crippen LogP contribution < -0.4 is 5.73 Å². The fourth-order valence-electron chi connectivity index (χ4n) is 1.26. The summed E-state index contributed by atoms with van der Waals surface area (Å²) in [5, 5.41) is 0. The third kappa shape index (κ3) is 2.54. The van der Waals surface area contributed by atoms with Gasteiger partial charge in [0.1, 0.15) is 5.82 Å². The average molecular weight is 257 g/mol. The summed E-state index contributed by atoms with van der Waals surface area (Å²) < 4.78 is 75.0. The molecule has 0 aromatic heterocycles. The summed E-state index contributed by atoms with van der Waals surface area (Å²) in [5.74, 6) is -6.26. The van der Waals surface area contributed by atoms with E-state index in [1.807, 2.05) is 0 Å². The van der Waals surface area contributed by atoms with Gasteiger partial charge >= 0.3 is 12.1 Å². The van der Waals surface area contributed by atoms with Crippen molar-refractivity contribution in [3.05, 3.63) is 35.1 Å². The minimum absolute atomic E-state index is 0.119. The van der Waals surface area contributed by atoms with Crippen molar-refractivity contribution in [1.82, 2.24) is 0 Å². The molecule has 1 aromatic rings. The van der Waals surface area contributed by atoms with E-state index >= 15 is 0 Å². The first-order valence-corrected chi connectivity index (χ1v) is 4.57. The molecule has 1 atom stereocenters. The summed E-state index contributed by atoms with van der Waals surface area (Å²) in [7, 11) is 0. The Hall–Kier alpha value is -1.24. The van der Waals surface area contributed by atoms with E-state index in [2.05, 4.69) is 0 Å². The van der Waals surface area contributed by atoms with E-state index in [9.17, 15) is 26.3 Å². The van der Waals surface area contributed by atoms with Crippen molar-refractivity contribution < 1.29 is 26.3 Å². The van der Waals surface area contributed by atoms with Crippen molar-refractivity contribution in [2.75, 3.05) is 0 Å². The molecule has 0 aliphatic carbocycles. The first-order valence-electron chi connectivity index (χ1n) is 4.57. The van der Waals surface area contributed by atoms with Crippen LogP contribution in [0.4, 0.5) is 26.3 Å². The molecule has 0 aliphatic heterocycles. The van der Waals surface area contributed by atoms with Gasteiger partial charge in [-0.1, -0.05) is 12.1 Å². The lowest BCUT2D eigenvalue weighted by Gasteiger charge is -2.20. The van der Waals surface area contributed by atoms with Crippen LogP contribution in [0, 0.1) is 5.82 Å². The van der Waals surface area contributed by atoms with Crippen molar-refractivity contribution in [3.63, 3.8) is 0 Å². The van der Waals surface area contributed by atoms with Gasteiger partial charge in [0.25, 0.3) is 0 Å². The largest absolute Gasteiger partial charge is 0.458 e. The zero-order chi connectivity index (χ0) is 13.4. The van der Waals surface area contributed by atoms with Crippen molar-refractivity contribution in [3.8, 4) is 0 Å². The van der Waals surface area contributed by atoms with Crippen LogP contribution in [0.3, 0.4) is 0 Å². The maximum absolute atomic E-state index is 13.2. The van der Waals surface area contributed by atoms with Gasteiger partial charge in [-0.2, -0.15) is 22.0 Å². The molecule has 96 valence electrons. The SMILES string of the molecule is CC(N)c1ccc(C(F)(F)C(F)(F)F)cc1F. The van der Waals surface area contributed by atoms with E-state index < -0.39 is 29.5 Å². The van der Waals surface area contributed by atoms with E-state index in [0.717, 1.165) is 6.07 Å². The minimum Gasteiger partial charge on any atom is -0.324 e. The van der Waals surface area contributed by atoms with Crippen LogP contribution in [-0.4, -0.2) is 6.18 Å². The number of hydrogen-bond donors (Lipinski definition) is 1. The monoisotopic (exact) mass is 257 g/mol. The van der Waals surface area contributed by atoms with Crippen molar-refractivity contribution >= 4 is 0 Å². The predicted octanol–water partition coefficient (Wildman–Crippen LogP) is 3.50. The molecule has 0 spiro atoms. The van der Waals surface area contributed by atoms with Crippen LogP contribution >= 0.6 is 0 Å². The lowest BCUT2D eigenvalue weighted by molar-refractivity contribution is -0.289. The average Bonchev–Trinajstić information content (AvgIpc) is 2.14. The van der Waals surface area contributed by atoms with Crippen LogP contribution in [0.2, 0.25) is 0 Å². The third-order valence-corrected chi connectivity index (χ3v) is 2.21. The number of rotatable bonds is 2. The van der Waals surface area contributed by atoms with Gasteiger partial charge in [-0.05, 0) is 13.0 Å². The molecule has 7 heteroatoms. The lowest BCUT2D eigenvalue weighted by atomic mass is 10.0. The number of benzene rings is 1. The highest BCUT2D eigenvalue weighted by atomic mass is 19.4. The molecule has 0 saturated heterocycles. The topological polar surface area (TPSA) is 26.0 Å². The highest BCUT2D eigenvalue weighted by Gasteiger charge is 2.58. The van der Waals surface area contributed by atoms with E-state index in [1.165, 1.54) is 6.92 Å². The Morgan fingerprint density at radius 3 is 2.00 bits per heavy atom. The van der Waals surface area contributed by atoms with Crippen molar-refractivity contribution in [2.45, 2.75) is 25.1 Å². The Bertz CT molecular complexity index is 410. The molecule has 1 rings (SSSR count). The van der Waals surface area contributed by atoms with Crippen LogP contribution in [0.15, 0.2) is 18.2 Å². The van der Waals surface area contributed by atoms with E-state index in [4.69, 9.17) is 5.73 Å². The highest BCUT2D eigenvalue weighted by molar-refractivity contribution is 5.29. The Balaban J connectivity index is 3.23. The number of nitrogens with two attached hydrogens (primary N) is 1. The zero-order valence-corrected chi connectivity index (χ0v) is 8.65. The number of hydrogen-bond acceptors (Lipinski definition) is 1. The minimum atomic E-state index is -5.75. The normalized spacial score (nSPS) is 14.8. The maximum Gasteiger partial charge on any atom is 0.458 e. The second-order valence-electron chi connectivity index (χ2n) is 3.60. The molecular formula is C10H9F6N. The molecule has 0 fully saturated rings. The first-order chi connectivity index (χ1) is 7.57. The highest BCUT2D eigenvalue weighted by Crippen LogP contribution is 2.44. The third-order valence-electron chi connectivity index (χ3n) is 2.21. The summed E-state index contributed by atoms with van der Waals surface area (Å²) >= 11 is 0. The number of alkyl halides is 5. The van der Waals surface area contributed by atoms with Crippen molar-refractivity contribution in [1.29, 1.82) is 0 Å². The Kier molecular flexibility index (Phi) is 3.42. The fraction of sp³-hybridized carbons (Fsp3) is 0.400. The van der Waals surface area contributed by atoms with Gasteiger partial charge in [-0.3, -0.25) is 0 Å². The summed E-state index contributed by atoms with van der Waals surface area (Å²) in [6.45, 7) is 1.39. The molecule has 0 heterocycles. The summed E-state index contributed by atoms with van der Waals surface area (Å²) in [6, 6.07) is 0.722. The summed E-state index contributed by atoms with van der Waals surface area (Å²) in [5.41, 5.74) is 3.75. The van der Waals surface area contributed by atoms with Gasteiger partial charge in [0.05, 0.1) is 0 Å². The van der Waals surface area contributed by atoms with E-state index in [1.54, 1.807) is 0 Å². The van der Waals surface area contributed by atoms with Gasteiger partial charge in [-0.25, -0.2) is 4.39 Å². The Morgan fingerprint density at radius 2 is 1.65 bits per heavy atom. The molecule has 17 heavy (non-hydrogen) atoms. The first kappa shape index (κ1) is 13.8. The van der Waals surface area contributed by atoms with Gasteiger partial charge < -0.3 is 5.73 Å². The molecule has 1 unspecified atom stereocenters.